The summed E-state index contributed by atoms with van der Waals surface area (Å²) in [4.78, 5) is 12.7. The monoisotopic (exact) mass is 718 g/mol. The third kappa shape index (κ3) is 7.55. The quantitative estimate of drug-likeness (QED) is 0.151. The summed E-state index contributed by atoms with van der Waals surface area (Å²) in [6, 6.07) is 0. The second kappa shape index (κ2) is 13.5. The Bertz CT molecular complexity index is 1580. The lowest BCUT2D eigenvalue weighted by atomic mass is 9.48. The average molecular weight is 719 g/mol. The molecule has 0 spiro atoms. The van der Waals surface area contributed by atoms with Crippen molar-refractivity contribution < 1.29 is 58.8 Å². The number of allylic oxidation sites excluding steroid dienone is 6. The van der Waals surface area contributed by atoms with Crippen LogP contribution in [0.2, 0.25) is 0 Å². The molecule has 0 aromatic carbocycles. The van der Waals surface area contributed by atoms with Gasteiger partial charge in [-0.25, -0.2) is 8.37 Å². The fourth-order valence-electron chi connectivity index (χ4n) is 9.74. The van der Waals surface area contributed by atoms with E-state index in [1.807, 2.05) is 20.8 Å². The number of hydrogen-bond donors (Lipinski definition) is 4. The maximum Gasteiger partial charge on any atom is 0.397 e. The molecule has 48 heavy (non-hydrogen) atoms. The molecule has 12 atom stereocenters. The summed E-state index contributed by atoms with van der Waals surface area (Å²) in [5.41, 5.74) is 4.00. The molecule has 5 rings (SSSR count). The van der Waals surface area contributed by atoms with E-state index in [9.17, 15) is 40.9 Å². The second-order valence-electron chi connectivity index (χ2n) is 15.2. The minimum absolute atomic E-state index is 0.0616. The summed E-state index contributed by atoms with van der Waals surface area (Å²) in [6.45, 7) is 11.7. The molecule has 4 N–H and O–H groups in total. The van der Waals surface area contributed by atoms with Crippen LogP contribution in [-0.4, -0.2) is 84.9 Å². The lowest BCUT2D eigenvalue weighted by molar-refractivity contribution is -0.312. The Morgan fingerprint density at radius 3 is 2.27 bits per heavy atom. The third-order valence-corrected chi connectivity index (χ3v) is 12.7. The van der Waals surface area contributed by atoms with Crippen LogP contribution in [0.25, 0.3) is 0 Å². The maximum absolute atomic E-state index is 12.7. The van der Waals surface area contributed by atoms with Gasteiger partial charge in [-0.05, 0) is 107 Å². The lowest BCUT2D eigenvalue weighted by Gasteiger charge is -2.59. The van der Waals surface area contributed by atoms with Crippen molar-refractivity contribution in [2.24, 2.45) is 28.6 Å². The third-order valence-electron chi connectivity index (χ3n) is 11.7. The molecule has 15 heteroatoms. The summed E-state index contributed by atoms with van der Waals surface area (Å²) < 4.78 is 86.8. The molecule has 13 nitrogen and oxygen atoms in total. The van der Waals surface area contributed by atoms with Crippen molar-refractivity contribution >= 4 is 26.6 Å². The number of hydrogen-bond acceptors (Lipinski definition) is 11. The summed E-state index contributed by atoms with van der Waals surface area (Å²) >= 11 is 0. The van der Waals surface area contributed by atoms with Gasteiger partial charge in [0.25, 0.3) is 0 Å². The van der Waals surface area contributed by atoms with Crippen molar-refractivity contribution in [1.82, 2.24) is 0 Å². The van der Waals surface area contributed by atoms with Crippen LogP contribution in [-0.2, 0) is 43.4 Å². The van der Waals surface area contributed by atoms with Gasteiger partial charge in [-0.1, -0.05) is 42.2 Å². The van der Waals surface area contributed by atoms with Crippen LogP contribution in [0.5, 0.6) is 0 Å². The molecule has 0 amide bonds. The van der Waals surface area contributed by atoms with Gasteiger partial charge in [0.15, 0.2) is 12.1 Å². The van der Waals surface area contributed by atoms with Crippen molar-refractivity contribution in [1.29, 1.82) is 0 Å². The van der Waals surface area contributed by atoms with Crippen LogP contribution in [0.15, 0.2) is 34.4 Å². The number of aliphatic hydroxyl groups is 2. The van der Waals surface area contributed by atoms with Crippen LogP contribution in [0, 0.1) is 28.6 Å². The summed E-state index contributed by atoms with van der Waals surface area (Å²) in [5, 5.41) is 21.8. The molecule has 0 aromatic rings. The molecule has 4 fully saturated rings. The molecule has 1 aliphatic heterocycles. The van der Waals surface area contributed by atoms with Gasteiger partial charge in [-0.3, -0.25) is 13.9 Å². The fourth-order valence-corrected chi connectivity index (χ4v) is 10.8. The Balaban J connectivity index is 1.47. The largest absolute Gasteiger partial charge is 0.397 e. The molecule has 0 bridgehead atoms. The van der Waals surface area contributed by atoms with Gasteiger partial charge in [0, 0.05) is 6.42 Å². The molecule has 5 aliphatic rings. The first-order chi connectivity index (χ1) is 22.1. The molecule has 3 saturated carbocycles. The SMILES string of the molecule is CC(C)=CC(=O)C/C(C)=C1\CCC2C3CC(O[C@@H]4OC(C)[C@@H](OS(=O)(=O)O)C(O)C4O)C4C[C@@H](OS(=O)(=O)O)CC[C@]4(C)C3=CC[C@]12C. The van der Waals surface area contributed by atoms with E-state index in [4.69, 9.17) is 13.7 Å². The number of ketones is 1. The average Bonchev–Trinajstić information content (AvgIpc) is 3.30. The first kappa shape index (κ1) is 37.7. The highest BCUT2D eigenvalue weighted by Crippen LogP contribution is 2.66. The Labute approximate surface area is 283 Å². The Morgan fingerprint density at radius 1 is 0.979 bits per heavy atom. The number of fused-ring (bicyclic) bond motifs is 5. The van der Waals surface area contributed by atoms with Crippen LogP contribution >= 0.6 is 0 Å². The Kier molecular flexibility index (Phi) is 10.6. The summed E-state index contributed by atoms with van der Waals surface area (Å²) in [5.74, 6) is 0.0494. The predicted molar refractivity (Wildman–Crippen MR) is 173 cm³/mol. The molecule has 4 aliphatic carbocycles. The van der Waals surface area contributed by atoms with E-state index in [2.05, 4.69) is 24.1 Å². The Hall–Kier alpha value is -1.53. The van der Waals surface area contributed by atoms with Gasteiger partial charge in [0.2, 0.25) is 0 Å². The van der Waals surface area contributed by atoms with Crippen LogP contribution in [0.1, 0.15) is 92.9 Å². The number of carbonyl (C=O) groups excluding carboxylic acids is 1. The Morgan fingerprint density at radius 2 is 1.65 bits per heavy atom. The number of carbonyl (C=O) groups is 1. The van der Waals surface area contributed by atoms with Crippen molar-refractivity contribution in [2.75, 3.05) is 0 Å². The topological polar surface area (TPSA) is 203 Å². The second-order valence-corrected chi connectivity index (χ2v) is 17.3. The maximum atomic E-state index is 12.7. The lowest BCUT2D eigenvalue weighted by Crippen LogP contribution is -2.61. The molecule has 0 radical (unpaired) electrons. The fraction of sp³-hybridized carbons (Fsp3) is 0.788. The molecule has 7 unspecified atom stereocenters. The number of rotatable bonds is 9. The van der Waals surface area contributed by atoms with Crippen LogP contribution < -0.4 is 0 Å². The van der Waals surface area contributed by atoms with Crippen LogP contribution in [0.3, 0.4) is 0 Å². The van der Waals surface area contributed by atoms with E-state index in [0.29, 0.717) is 25.7 Å². The highest BCUT2D eigenvalue weighted by Gasteiger charge is 2.60. The molecule has 272 valence electrons. The van der Waals surface area contributed by atoms with E-state index in [1.54, 1.807) is 6.08 Å². The normalized spacial score (nSPS) is 42.6. The number of ether oxygens (including phenoxy) is 2. The molecular formula is C33H50O13S2. The van der Waals surface area contributed by atoms with E-state index in [1.165, 1.54) is 18.1 Å². The van der Waals surface area contributed by atoms with Crippen molar-refractivity contribution in [3.8, 4) is 0 Å². The minimum Gasteiger partial charge on any atom is -0.387 e. The van der Waals surface area contributed by atoms with Crippen LogP contribution in [0.4, 0.5) is 0 Å². The van der Waals surface area contributed by atoms with Crippen molar-refractivity contribution in [3.05, 3.63) is 34.4 Å². The first-order valence-electron chi connectivity index (χ1n) is 16.7. The summed E-state index contributed by atoms with van der Waals surface area (Å²) in [7, 11) is -9.67. The standard InChI is InChI=1S/C33H50O13S2/c1-17(2)13-20(34)14-18(3)23-7-8-24-22-16-27(44-31-29(36)28(35)30(19(4)43-31)46-48(40,41)42)26-15-21(45-47(37,38)39)9-11-33(26,6)25(22)10-12-32(23,24)5/h10,13,19,21-22,24,26-31,35-36H,7-9,11-12,14-16H2,1-6H3,(H,37,38,39)(H,40,41,42)/b23-18+/t19?,21-,22?,24?,26?,27?,28?,29?,30+,31-,32+,33+/m0/s1. The van der Waals surface area contributed by atoms with Crippen molar-refractivity contribution in [2.45, 2.75) is 136 Å². The molecule has 1 saturated heterocycles. The smallest absolute Gasteiger partial charge is 0.387 e. The zero-order valence-corrected chi connectivity index (χ0v) is 30.0. The zero-order chi connectivity index (χ0) is 35.6. The number of aliphatic hydroxyl groups excluding tert-OH is 2. The van der Waals surface area contributed by atoms with E-state index >= 15 is 0 Å². The predicted octanol–water partition coefficient (Wildman–Crippen LogP) is 4.03. The first-order valence-corrected chi connectivity index (χ1v) is 19.4. The molecule has 1 heterocycles. The van der Waals surface area contributed by atoms with Gasteiger partial charge in [0.1, 0.15) is 18.3 Å². The van der Waals surface area contributed by atoms with Gasteiger partial charge >= 0.3 is 20.8 Å². The molecular weight excluding hydrogens is 668 g/mol. The summed E-state index contributed by atoms with van der Waals surface area (Å²) in [6.07, 6.45) is -0.374. The highest BCUT2D eigenvalue weighted by molar-refractivity contribution is 7.81. The van der Waals surface area contributed by atoms with Gasteiger partial charge in [0.05, 0.1) is 18.3 Å². The highest BCUT2D eigenvalue weighted by atomic mass is 32.3. The molecule has 0 aromatic heterocycles. The van der Waals surface area contributed by atoms with Gasteiger partial charge < -0.3 is 19.7 Å². The van der Waals surface area contributed by atoms with Crippen molar-refractivity contribution in [3.63, 3.8) is 0 Å². The van der Waals surface area contributed by atoms with E-state index in [0.717, 1.165) is 30.4 Å². The van der Waals surface area contributed by atoms with Gasteiger partial charge in [-0.2, -0.15) is 16.8 Å². The van der Waals surface area contributed by atoms with Gasteiger partial charge in [-0.15, -0.1) is 0 Å². The van der Waals surface area contributed by atoms with E-state index < -0.39 is 69.1 Å². The zero-order valence-electron chi connectivity index (χ0n) is 28.4. The van der Waals surface area contributed by atoms with E-state index in [-0.39, 0.29) is 35.4 Å². The minimum atomic E-state index is -4.96.